The van der Waals surface area contributed by atoms with Gasteiger partial charge in [-0.05, 0) is 13.0 Å². The van der Waals surface area contributed by atoms with Gasteiger partial charge in [0.15, 0.2) is 15.7 Å². The zero-order valence-corrected chi connectivity index (χ0v) is 16.3. The number of sulfone groups is 1. The first-order valence-electron chi connectivity index (χ1n) is 7.68. The number of alkyl halides is 3. The van der Waals surface area contributed by atoms with Crippen molar-refractivity contribution in [2.45, 2.75) is 29.4 Å². The van der Waals surface area contributed by atoms with Gasteiger partial charge in [0.1, 0.15) is 11.4 Å². The second kappa shape index (κ2) is 6.34. The molecule has 1 aromatic heterocycles. The molecule has 0 aliphatic carbocycles. The van der Waals surface area contributed by atoms with E-state index in [4.69, 9.17) is 0 Å². The lowest BCUT2D eigenvalue weighted by molar-refractivity contribution is -0.0804. The van der Waals surface area contributed by atoms with Crippen LogP contribution in [0.2, 0.25) is 0 Å². The molecule has 1 aromatic carbocycles. The summed E-state index contributed by atoms with van der Waals surface area (Å²) >= 11 is 2.11. The first-order valence-corrected chi connectivity index (χ1v) is 10.1. The molecule has 2 N–H and O–H groups in total. The van der Waals surface area contributed by atoms with E-state index in [0.717, 1.165) is 6.20 Å². The van der Waals surface area contributed by atoms with E-state index in [1.54, 1.807) is 38.1 Å². The van der Waals surface area contributed by atoms with Crippen LogP contribution in [0.1, 0.15) is 19.4 Å². The zero-order chi connectivity index (χ0) is 19.2. The Kier molecular flexibility index (Phi) is 4.60. The van der Waals surface area contributed by atoms with E-state index in [-0.39, 0.29) is 16.4 Å². The third kappa shape index (κ3) is 3.61. The standard InChI is InChI=1S/C16H16BrF2N3O3S/c1-3-26(23,24)13-7-5-4-6-11(13)15(2)21-12-8-10(25-16(17,18)19)9-20-14(12)22-15/h4-9,21H,3H2,1-2H3,(H,20,22). The number of benzene rings is 1. The number of fused-ring (bicyclic) bond motifs is 1. The van der Waals surface area contributed by atoms with Crippen LogP contribution in [0.5, 0.6) is 5.75 Å². The molecule has 0 amide bonds. The molecule has 0 saturated heterocycles. The molecule has 0 fully saturated rings. The topological polar surface area (TPSA) is 80.3 Å². The van der Waals surface area contributed by atoms with Gasteiger partial charge in [-0.1, -0.05) is 25.1 Å². The fourth-order valence-corrected chi connectivity index (χ4v) is 4.20. The summed E-state index contributed by atoms with van der Waals surface area (Å²) in [7, 11) is -3.45. The van der Waals surface area contributed by atoms with Crippen LogP contribution in [0.25, 0.3) is 0 Å². The molecule has 1 unspecified atom stereocenters. The molecule has 10 heteroatoms. The van der Waals surface area contributed by atoms with Crippen LogP contribution >= 0.6 is 15.9 Å². The molecule has 140 valence electrons. The van der Waals surface area contributed by atoms with Gasteiger partial charge in [0, 0.05) is 27.6 Å². The number of rotatable bonds is 5. The lowest BCUT2D eigenvalue weighted by Crippen LogP contribution is -2.36. The van der Waals surface area contributed by atoms with Crippen LogP contribution in [0.15, 0.2) is 41.4 Å². The van der Waals surface area contributed by atoms with Crippen molar-refractivity contribution in [3.63, 3.8) is 0 Å². The highest BCUT2D eigenvalue weighted by atomic mass is 79.9. The third-order valence-corrected chi connectivity index (χ3v) is 5.94. The molecule has 3 rings (SSSR count). The smallest absolute Gasteiger partial charge is 0.422 e. The van der Waals surface area contributed by atoms with Gasteiger partial charge in [0.05, 0.1) is 22.5 Å². The molecular formula is C16H16BrF2N3O3S. The quantitative estimate of drug-likeness (QED) is 0.676. The number of hydrogen-bond acceptors (Lipinski definition) is 6. The van der Waals surface area contributed by atoms with Crippen molar-refractivity contribution in [1.29, 1.82) is 0 Å². The maximum atomic E-state index is 13.0. The molecule has 0 bridgehead atoms. The number of halogens is 3. The Morgan fingerprint density at radius 2 is 2.00 bits per heavy atom. The predicted molar refractivity (Wildman–Crippen MR) is 97.5 cm³/mol. The number of pyridine rings is 1. The first-order chi connectivity index (χ1) is 12.0. The van der Waals surface area contributed by atoms with Gasteiger partial charge in [-0.15, -0.1) is 0 Å². The van der Waals surface area contributed by atoms with Crippen LogP contribution in [0.3, 0.4) is 0 Å². The van der Waals surface area contributed by atoms with Gasteiger partial charge in [0.25, 0.3) is 0 Å². The van der Waals surface area contributed by atoms with Crippen LogP contribution in [-0.4, -0.2) is 24.2 Å². The Morgan fingerprint density at radius 1 is 1.31 bits per heavy atom. The molecule has 1 atom stereocenters. The molecule has 1 aliphatic heterocycles. The molecule has 26 heavy (non-hydrogen) atoms. The lowest BCUT2D eigenvalue weighted by Gasteiger charge is -2.28. The van der Waals surface area contributed by atoms with Crippen LogP contribution in [-0.2, 0) is 15.5 Å². The average Bonchev–Trinajstić information content (AvgIpc) is 2.90. The molecule has 0 saturated carbocycles. The number of nitrogens with zero attached hydrogens (tertiary/aromatic N) is 1. The molecule has 2 aromatic rings. The Labute approximate surface area is 158 Å². The second-order valence-electron chi connectivity index (χ2n) is 5.89. The summed E-state index contributed by atoms with van der Waals surface area (Å²) < 4.78 is 55.2. The Hall–Kier alpha value is -1.94. The molecular weight excluding hydrogens is 432 g/mol. The summed E-state index contributed by atoms with van der Waals surface area (Å²) in [6.45, 7) is 3.32. The van der Waals surface area contributed by atoms with Gasteiger partial charge in [0.2, 0.25) is 0 Å². The van der Waals surface area contributed by atoms with Crippen molar-refractivity contribution in [3.05, 3.63) is 42.1 Å². The SMILES string of the molecule is CCS(=O)(=O)c1ccccc1C1(C)Nc2cc(OC(F)(F)Br)cnc2N1. The third-order valence-electron chi connectivity index (χ3n) is 3.99. The molecule has 1 aliphatic rings. The summed E-state index contributed by atoms with van der Waals surface area (Å²) in [6.07, 6.45) is 1.16. The number of ether oxygens (including phenoxy) is 1. The van der Waals surface area contributed by atoms with E-state index >= 15 is 0 Å². The summed E-state index contributed by atoms with van der Waals surface area (Å²) in [5.74, 6) is 0.226. The van der Waals surface area contributed by atoms with E-state index in [9.17, 15) is 17.2 Å². The summed E-state index contributed by atoms with van der Waals surface area (Å²) in [4.78, 5) is 4.27. The van der Waals surface area contributed by atoms with E-state index in [0.29, 0.717) is 17.1 Å². The van der Waals surface area contributed by atoms with Crippen molar-refractivity contribution in [1.82, 2.24) is 4.98 Å². The zero-order valence-electron chi connectivity index (χ0n) is 13.9. The first kappa shape index (κ1) is 18.8. The van der Waals surface area contributed by atoms with Crippen molar-refractivity contribution in [2.75, 3.05) is 16.4 Å². The van der Waals surface area contributed by atoms with Gasteiger partial charge in [-0.3, -0.25) is 0 Å². The van der Waals surface area contributed by atoms with Crippen molar-refractivity contribution < 1.29 is 21.9 Å². The predicted octanol–water partition coefficient (Wildman–Crippen LogP) is 3.91. The van der Waals surface area contributed by atoms with E-state index in [2.05, 4.69) is 36.3 Å². The average molecular weight is 448 g/mol. The molecule has 0 spiro atoms. The van der Waals surface area contributed by atoms with Gasteiger partial charge < -0.3 is 15.4 Å². The summed E-state index contributed by atoms with van der Waals surface area (Å²) in [6, 6.07) is 7.99. The van der Waals surface area contributed by atoms with Gasteiger partial charge >= 0.3 is 5.02 Å². The van der Waals surface area contributed by atoms with E-state index < -0.39 is 20.5 Å². The summed E-state index contributed by atoms with van der Waals surface area (Å²) in [5, 5.41) is 2.71. The Morgan fingerprint density at radius 3 is 2.65 bits per heavy atom. The van der Waals surface area contributed by atoms with Crippen LogP contribution in [0, 0.1) is 0 Å². The minimum atomic E-state index is -3.51. The van der Waals surface area contributed by atoms with E-state index in [1.165, 1.54) is 6.07 Å². The monoisotopic (exact) mass is 447 g/mol. The Bertz CT molecular complexity index is 950. The second-order valence-corrected chi connectivity index (χ2v) is 9.06. The van der Waals surface area contributed by atoms with Gasteiger partial charge in [-0.25, -0.2) is 13.4 Å². The highest BCUT2D eigenvalue weighted by Gasteiger charge is 2.38. The lowest BCUT2D eigenvalue weighted by atomic mass is 10.0. The highest BCUT2D eigenvalue weighted by Crippen LogP contribution is 2.42. The van der Waals surface area contributed by atoms with Crippen molar-refractivity contribution in [2.24, 2.45) is 0 Å². The van der Waals surface area contributed by atoms with Crippen LogP contribution in [0.4, 0.5) is 20.3 Å². The van der Waals surface area contributed by atoms with Crippen molar-refractivity contribution in [3.8, 4) is 5.75 Å². The van der Waals surface area contributed by atoms with Gasteiger partial charge in [-0.2, -0.15) is 8.78 Å². The fourth-order valence-electron chi connectivity index (χ4n) is 2.81. The fraction of sp³-hybridized carbons (Fsp3) is 0.312. The van der Waals surface area contributed by atoms with Crippen LogP contribution < -0.4 is 15.4 Å². The highest BCUT2D eigenvalue weighted by molar-refractivity contribution is 9.09. The largest absolute Gasteiger partial charge is 0.459 e. The normalized spacial score (nSPS) is 19.4. The van der Waals surface area contributed by atoms with Crippen molar-refractivity contribution >= 4 is 37.3 Å². The molecule has 6 nitrogen and oxygen atoms in total. The molecule has 0 radical (unpaired) electrons. The minimum absolute atomic E-state index is 0.0381. The number of aromatic nitrogens is 1. The number of hydrogen-bond donors (Lipinski definition) is 2. The molecule has 2 heterocycles. The maximum absolute atomic E-state index is 13.0. The number of anilines is 2. The summed E-state index contributed by atoms with van der Waals surface area (Å²) in [5.41, 5.74) is -0.0532. The maximum Gasteiger partial charge on any atom is 0.459 e. The van der Waals surface area contributed by atoms with E-state index in [1.807, 2.05) is 0 Å². The Balaban J connectivity index is 1.99. The number of nitrogens with one attached hydrogen (secondary N) is 2. The minimum Gasteiger partial charge on any atom is -0.422 e.